The second-order valence-corrected chi connectivity index (χ2v) is 5.23. The minimum absolute atomic E-state index is 0.0136. The van der Waals surface area contributed by atoms with Gasteiger partial charge in [-0.25, -0.2) is 0 Å². The van der Waals surface area contributed by atoms with E-state index in [9.17, 15) is 4.79 Å². The van der Waals surface area contributed by atoms with E-state index in [1.165, 1.54) is 0 Å². The van der Waals surface area contributed by atoms with Crippen molar-refractivity contribution in [2.24, 2.45) is 0 Å². The van der Waals surface area contributed by atoms with Gasteiger partial charge in [0.2, 0.25) is 0 Å². The van der Waals surface area contributed by atoms with Crippen LogP contribution >= 0.6 is 0 Å². The Morgan fingerprint density at radius 2 is 2.11 bits per heavy atom. The van der Waals surface area contributed by atoms with Gasteiger partial charge in [-0.05, 0) is 38.5 Å². The number of carboxylic acids is 1. The highest BCUT2D eigenvalue weighted by Crippen LogP contribution is 2.17. The lowest BCUT2D eigenvalue weighted by molar-refractivity contribution is -0.139. The fourth-order valence-electron chi connectivity index (χ4n) is 1.65. The normalized spacial score (nSPS) is 11.3. The summed E-state index contributed by atoms with van der Waals surface area (Å²) in [7, 11) is 0. The van der Waals surface area contributed by atoms with E-state index >= 15 is 0 Å². The summed E-state index contributed by atoms with van der Waals surface area (Å²) in [5, 5.41) is 17.8. The molecule has 0 aromatic heterocycles. The Balaban J connectivity index is 2.89. The second kappa shape index (κ2) is 5.65. The van der Waals surface area contributed by atoms with Crippen molar-refractivity contribution in [3.63, 3.8) is 0 Å². The monoisotopic (exact) mass is 246 g/mol. The van der Waals surface area contributed by atoms with Crippen LogP contribution in [0.4, 0.5) is 0 Å². The second-order valence-electron chi connectivity index (χ2n) is 5.23. The van der Waals surface area contributed by atoms with Gasteiger partial charge in [0.15, 0.2) is 0 Å². The number of benzene rings is 1. The SMILES string of the molecule is CC(C)(C)N(CC(=O)O)Cc1cccc(C#N)c1. The number of nitriles is 1. The molecule has 0 aliphatic heterocycles. The Hall–Kier alpha value is -1.86. The molecule has 0 bridgehead atoms. The first-order chi connectivity index (χ1) is 8.32. The molecule has 0 spiro atoms. The third kappa shape index (κ3) is 4.19. The molecule has 1 N–H and O–H groups in total. The third-order valence-corrected chi connectivity index (χ3v) is 2.70. The summed E-state index contributed by atoms with van der Waals surface area (Å²) in [6.45, 7) is 6.43. The summed E-state index contributed by atoms with van der Waals surface area (Å²) < 4.78 is 0. The Morgan fingerprint density at radius 3 is 2.61 bits per heavy atom. The Labute approximate surface area is 107 Å². The highest BCUT2D eigenvalue weighted by Gasteiger charge is 2.23. The molecule has 18 heavy (non-hydrogen) atoms. The molecule has 1 aromatic carbocycles. The fourth-order valence-corrected chi connectivity index (χ4v) is 1.65. The maximum absolute atomic E-state index is 10.9. The van der Waals surface area contributed by atoms with Gasteiger partial charge in [0.25, 0.3) is 0 Å². The van der Waals surface area contributed by atoms with E-state index in [1.54, 1.807) is 12.1 Å². The van der Waals surface area contributed by atoms with Crippen LogP contribution in [-0.2, 0) is 11.3 Å². The average molecular weight is 246 g/mol. The summed E-state index contributed by atoms with van der Waals surface area (Å²) in [4.78, 5) is 12.7. The van der Waals surface area contributed by atoms with Gasteiger partial charge in [0, 0.05) is 12.1 Å². The molecule has 0 aliphatic rings. The molecular weight excluding hydrogens is 228 g/mol. The lowest BCUT2D eigenvalue weighted by Crippen LogP contribution is -2.43. The zero-order chi connectivity index (χ0) is 13.8. The summed E-state index contributed by atoms with van der Waals surface area (Å²) in [6, 6.07) is 9.33. The standard InChI is InChI=1S/C14H18N2O2/c1-14(2,3)16(10-13(17)18)9-12-6-4-5-11(7-12)8-15/h4-7H,9-10H2,1-3H3,(H,17,18). The Morgan fingerprint density at radius 1 is 1.44 bits per heavy atom. The van der Waals surface area contributed by atoms with Gasteiger partial charge in [0.1, 0.15) is 0 Å². The van der Waals surface area contributed by atoms with Crippen molar-refractivity contribution < 1.29 is 9.90 Å². The van der Waals surface area contributed by atoms with Gasteiger partial charge in [0.05, 0.1) is 18.2 Å². The van der Waals surface area contributed by atoms with Gasteiger partial charge >= 0.3 is 5.97 Å². The minimum Gasteiger partial charge on any atom is -0.480 e. The zero-order valence-electron chi connectivity index (χ0n) is 11.0. The van der Waals surface area contributed by atoms with Crippen LogP contribution in [0.2, 0.25) is 0 Å². The lowest BCUT2D eigenvalue weighted by atomic mass is 10.0. The molecular formula is C14H18N2O2. The zero-order valence-corrected chi connectivity index (χ0v) is 11.0. The largest absolute Gasteiger partial charge is 0.480 e. The summed E-state index contributed by atoms with van der Waals surface area (Å²) in [5.74, 6) is -0.846. The molecule has 0 radical (unpaired) electrons. The Kier molecular flexibility index (Phi) is 4.46. The van der Waals surface area contributed by atoms with Crippen molar-refractivity contribution in [3.05, 3.63) is 35.4 Å². The predicted octanol–water partition coefficient (Wildman–Crippen LogP) is 2.24. The smallest absolute Gasteiger partial charge is 0.317 e. The van der Waals surface area contributed by atoms with Gasteiger partial charge in [-0.3, -0.25) is 9.69 Å². The van der Waals surface area contributed by atoms with Crippen molar-refractivity contribution in [1.82, 2.24) is 4.90 Å². The highest BCUT2D eigenvalue weighted by molar-refractivity contribution is 5.69. The molecule has 0 saturated carbocycles. The van der Waals surface area contributed by atoms with Crippen LogP contribution < -0.4 is 0 Å². The van der Waals surface area contributed by atoms with Crippen LogP contribution in [0.1, 0.15) is 31.9 Å². The van der Waals surface area contributed by atoms with Crippen LogP contribution in [0.25, 0.3) is 0 Å². The van der Waals surface area contributed by atoms with E-state index in [2.05, 4.69) is 6.07 Å². The fraction of sp³-hybridized carbons (Fsp3) is 0.429. The quantitative estimate of drug-likeness (QED) is 0.885. The molecule has 1 rings (SSSR count). The molecule has 0 atom stereocenters. The van der Waals surface area contributed by atoms with Crippen LogP contribution in [-0.4, -0.2) is 28.1 Å². The third-order valence-electron chi connectivity index (χ3n) is 2.70. The first kappa shape index (κ1) is 14.2. The van der Waals surface area contributed by atoms with E-state index in [4.69, 9.17) is 10.4 Å². The summed E-state index contributed by atoms with van der Waals surface area (Å²) in [5.41, 5.74) is 1.31. The number of carbonyl (C=O) groups is 1. The maximum atomic E-state index is 10.9. The average Bonchev–Trinajstić information content (AvgIpc) is 2.26. The number of hydrogen-bond acceptors (Lipinski definition) is 3. The first-order valence-corrected chi connectivity index (χ1v) is 5.79. The highest BCUT2D eigenvalue weighted by atomic mass is 16.4. The van der Waals surface area contributed by atoms with Crippen molar-refractivity contribution in [3.8, 4) is 6.07 Å². The lowest BCUT2D eigenvalue weighted by Gasteiger charge is -2.34. The number of hydrogen-bond donors (Lipinski definition) is 1. The molecule has 0 fully saturated rings. The molecule has 0 saturated heterocycles. The number of aliphatic carboxylic acids is 1. The first-order valence-electron chi connectivity index (χ1n) is 5.79. The Bertz CT molecular complexity index is 469. The number of rotatable bonds is 4. The maximum Gasteiger partial charge on any atom is 0.317 e. The molecule has 0 amide bonds. The molecule has 4 nitrogen and oxygen atoms in total. The molecule has 0 aliphatic carbocycles. The molecule has 0 unspecified atom stereocenters. The van der Waals surface area contributed by atoms with Gasteiger partial charge in [-0.1, -0.05) is 12.1 Å². The molecule has 4 heteroatoms. The number of carboxylic acid groups (broad SMARTS) is 1. The molecule has 96 valence electrons. The predicted molar refractivity (Wildman–Crippen MR) is 69.0 cm³/mol. The minimum atomic E-state index is -0.846. The van der Waals surface area contributed by atoms with Gasteiger partial charge < -0.3 is 5.11 Å². The number of nitrogens with zero attached hydrogens (tertiary/aromatic N) is 2. The van der Waals surface area contributed by atoms with E-state index in [0.29, 0.717) is 12.1 Å². The van der Waals surface area contributed by atoms with Crippen LogP contribution in [0, 0.1) is 11.3 Å². The van der Waals surface area contributed by atoms with Gasteiger partial charge in [-0.15, -0.1) is 0 Å². The van der Waals surface area contributed by atoms with Crippen molar-refractivity contribution in [2.75, 3.05) is 6.54 Å². The van der Waals surface area contributed by atoms with Crippen LogP contribution in [0.3, 0.4) is 0 Å². The van der Waals surface area contributed by atoms with E-state index in [1.807, 2.05) is 37.8 Å². The van der Waals surface area contributed by atoms with Gasteiger partial charge in [-0.2, -0.15) is 5.26 Å². The molecule has 0 heterocycles. The van der Waals surface area contributed by atoms with Crippen LogP contribution in [0.15, 0.2) is 24.3 Å². The van der Waals surface area contributed by atoms with Crippen molar-refractivity contribution >= 4 is 5.97 Å². The van der Waals surface area contributed by atoms with E-state index in [0.717, 1.165) is 5.56 Å². The topological polar surface area (TPSA) is 64.3 Å². The van der Waals surface area contributed by atoms with Crippen molar-refractivity contribution in [2.45, 2.75) is 32.9 Å². The molecule has 1 aromatic rings. The van der Waals surface area contributed by atoms with E-state index < -0.39 is 5.97 Å². The van der Waals surface area contributed by atoms with Crippen molar-refractivity contribution in [1.29, 1.82) is 5.26 Å². The van der Waals surface area contributed by atoms with E-state index in [-0.39, 0.29) is 12.1 Å². The summed E-state index contributed by atoms with van der Waals surface area (Å²) in [6.07, 6.45) is 0. The summed E-state index contributed by atoms with van der Waals surface area (Å²) >= 11 is 0. The van der Waals surface area contributed by atoms with Crippen LogP contribution in [0.5, 0.6) is 0 Å².